The van der Waals surface area contributed by atoms with Crippen molar-refractivity contribution in [3.8, 4) is 0 Å². The van der Waals surface area contributed by atoms with Gasteiger partial charge in [-0.15, -0.1) is 0 Å². The summed E-state index contributed by atoms with van der Waals surface area (Å²) in [5.74, 6) is -0.195. The highest BCUT2D eigenvalue weighted by molar-refractivity contribution is 7.90. The minimum atomic E-state index is -3.29. The van der Waals surface area contributed by atoms with Gasteiger partial charge in [-0.25, -0.2) is 8.42 Å². The third kappa shape index (κ3) is 4.55. The lowest BCUT2D eigenvalue weighted by molar-refractivity contribution is 0.0911. The maximum atomic E-state index is 12.3. The van der Waals surface area contributed by atoms with Crippen molar-refractivity contribution in [1.29, 1.82) is 0 Å². The highest BCUT2D eigenvalue weighted by atomic mass is 32.2. The summed E-state index contributed by atoms with van der Waals surface area (Å²) in [6, 6.07) is 6.37. The number of hydrogen-bond donors (Lipinski definition) is 1. The Kier molecular flexibility index (Phi) is 5.58. The van der Waals surface area contributed by atoms with E-state index in [1.807, 2.05) is 0 Å². The van der Waals surface area contributed by atoms with Crippen molar-refractivity contribution in [3.05, 3.63) is 29.8 Å². The van der Waals surface area contributed by atoms with E-state index in [4.69, 9.17) is 0 Å². The van der Waals surface area contributed by atoms with Crippen molar-refractivity contribution in [2.24, 2.45) is 0 Å². The van der Waals surface area contributed by atoms with Gasteiger partial charge in [0.05, 0.1) is 4.90 Å². The van der Waals surface area contributed by atoms with E-state index in [9.17, 15) is 13.2 Å². The molecule has 1 N–H and O–H groups in total. The molecule has 1 aliphatic rings. The van der Waals surface area contributed by atoms with E-state index in [0.717, 1.165) is 45.2 Å². The first-order valence-electron chi connectivity index (χ1n) is 7.73. The van der Waals surface area contributed by atoms with Crippen LogP contribution in [0.25, 0.3) is 0 Å². The van der Waals surface area contributed by atoms with E-state index < -0.39 is 9.84 Å². The zero-order valence-corrected chi connectivity index (χ0v) is 14.0. The largest absolute Gasteiger partial charge is 0.349 e. The van der Waals surface area contributed by atoms with Crippen LogP contribution in [-0.2, 0) is 9.84 Å². The number of carbonyl (C=O) groups excluding carboxylic acids is 1. The Labute approximate surface area is 132 Å². The third-order valence-corrected chi connectivity index (χ3v) is 5.10. The molecule has 0 aromatic heterocycles. The molecule has 22 heavy (non-hydrogen) atoms. The summed E-state index contributed by atoms with van der Waals surface area (Å²) < 4.78 is 23.1. The molecule has 122 valence electrons. The average Bonchev–Trinajstić information content (AvgIpc) is 2.49. The van der Waals surface area contributed by atoms with Crippen molar-refractivity contribution in [2.45, 2.75) is 37.1 Å². The van der Waals surface area contributed by atoms with Crippen LogP contribution >= 0.6 is 0 Å². The molecule has 1 saturated heterocycles. The number of carbonyl (C=O) groups is 1. The average molecular weight is 324 g/mol. The van der Waals surface area contributed by atoms with Gasteiger partial charge in [0, 0.05) is 31.0 Å². The highest BCUT2D eigenvalue weighted by Gasteiger charge is 2.21. The lowest BCUT2D eigenvalue weighted by Crippen LogP contribution is -2.44. The van der Waals surface area contributed by atoms with Gasteiger partial charge < -0.3 is 10.2 Å². The number of benzene rings is 1. The summed E-state index contributed by atoms with van der Waals surface area (Å²) in [4.78, 5) is 14.9. The second-order valence-corrected chi connectivity index (χ2v) is 7.91. The summed E-state index contributed by atoms with van der Waals surface area (Å²) >= 11 is 0. The van der Waals surface area contributed by atoms with Crippen LogP contribution in [0.3, 0.4) is 0 Å². The molecule has 1 aromatic rings. The molecular formula is C16H24N2O3S. The van der Waals surface area contributed by atoms with E-state index in [-0.39, 0.29) is 16.8 Å². The van der Waals surface area contributed by atoms with Crippen LogP contribution in [0.1, 0.15) is 36.5 Å². The van der Waals surface area contributed by atoms with Crippen LogP contribution in [0.2, 0.25) is 0 Å². The second kappa shape index (κ2) is 7.24. The van der Waals surface area contributed by atoms with E-state index in [1.165, 1.54) is 12.1 Å². The molecule has 0 bridgehead atoms. The van der Waals surface area contributed by atoms with Crippen molar-refractivity contribution in [3.63, 3.8) is 0 Å². The van der Waals surface area contributed by atoms with Gasteiger partial charge in [0.1, 0.15) is 0 Å². The van der Waals surface area contributed by atoms with Crippen molar-refractivity contribution < 1.29 is 13.2 Å². The maximum Gasteiger partial charge on any atom is 0.251 e. The van der Waals surface area contributed by atoms with Gasteiger partial charge in [-0.3, -0.25) is 4.79 Å². The van der Waals surface area contributed by atoms with Crippen LogP contribution in [-0.4, -0.2) is 51.2 Å². The van der Waals surface area contributed by atoms with Crippen molar-refractivity contribution in [2.75, 3.05) is 25.9 Å². The molecule has 0 aliphatic carbocycles. The Balaban J connectivity index is 1.96. The van der Waals surface area contributed by atoms with E-state index in [0.29, 0.717) is 5.56 Å². The van der Waals surface area contributed by atoms with Gasteiger partial charge in [0.2, 0.25) is 0 Å². The number of nitrogens with zero attached hydrogens (tertiary/aromatic N) is 1. The summed E-state index contributed by atoms with van der Waals surface area (Å²) in [7, 11) is -3.29. The van der Waals surface area contributed by atoms with Crippen LogP contribution in [0, 0.1) is 0 Å². The summed E-state index contributed by atoms with van der Waals surface area (Å²) in [6.45, 7) is 5.28. The Morgan fingerprint density at radius 2 is 2.00 bits per heavy atom. The quantitative estimate of drug-likeness (QED) is 0.895. The second-order valence-electron chi connectivity index (χ2n) is 5.89. The van der Waals surface area contributed by atoms with E-state index in [1.54, 1.807) is 12.1 Å². The van der Waals surface area contributed by atoms with Gasteiger partial charge >= 0.3 is 0 Å². The SMILES string of the molecule is CCCN1CCC(NC(=O)c2cccc(S(C)(=O)=O)c2)CC1. The van der Waals surface area contributed by atoms with Gasteiger partial charge in [-0.2, -0.15) is 0 Å². The Morgan fingerprint density at radius 1 is 1.32 bits per heavy atom. The van der Waals surface area contributed by atoms with Crippen molar-refractivity contribution >= 4 is 15.7 Å². The van der Waals surface area contributed by atoms with Crippen LogP contribution < -0.4 is 5.32 Å². The Hall–Kier alpha value is -1.40. The lowest BCUT2D eigenvalue weighted by atomic mass is 10.0. The van der Waals surface area contributed by atoms with Gasteiger partial charge in [0.15, 0.2) is 9.84 Å². The molecule has 0 unspecified atom stereocenters. The molecule has 2 rings (SSSR count). The predicted molar refractivity (Wildman–Crippen MR) is 86.8 cm³/mol. The molecule has 1 aromatic carbocycles. The highest BCUT2D eigenvalue weighted by Crippen LogP contribution is 2.14. The monoisotopic (exact) mass is 324 g/mol. The molecule has 1 aliphatic heterocycles. The topological polar surface area (TPSA) is 66.5 Å². The number of sulfone groups is 1. The number of piperidine rings is 1. The van der Waals surface area contributed by atoms with Gasteiger partial charge in [-0.05, 0) is 44.0 Å². The first kappa shape index (κ1) is 17.0. The molecule has 1 fully saturated rings. The smallest absolute Gasteiger partial charge is 0.251 e. The molecular weight excluding hydrogens is 300 g/mol. The molecule has 0 radical (unpaired) electrons. The molecule has 0 atom stereocenters. The number of rotatable bonds is 5. The van der Waals surface area contributed by atoms with Gasteiger partial charge in [-0.1, -0.05) is 13.0 Å². The third-order valence-electron chi connectivity index (χ3n) is 3.99. The minimum Gasteiger partial charge on any atom is -0.349 e. The summed E-state index contributed by atoms with van der Waals surface area (Å²) in [6.07, 6.45) is 4.18. The molecule has 1 amide bonds. The molecule has 6 heteroatoms. The van der Waals surface area contributed by atoms with Crippen molar-refractivity contribution in [1.82, 2.24) is 10.2 Å². The number of hydrogen-bond acceptors (Lipinski definition) is 4. The fourth-order valence-corrected chi connectivity index (χ4v) is 3.42. The molecule has 0 spiro atoms. The standard InChI is InChI=1S/C16H24N2O3S/c1-3-9-18-10-7-14(8-11-18)17-16(19)13-5-4-6-15(12-13)22(2,20)21/h4-6,12,14H,3,7-11H2,1-2H3,(H,17,19). The Morgan fingerprint density at radius 3 is 2.59 bits per heavy atom. The van der Waals surface area contributed by atoms with Crippen LogP contribution in [0.4, 0.5) is 0 Å². The number of likely N-dealkylation sites (tertiary alicyclic amines) is 1. The maximum absolute atomic E-state index is 12.3. The van der Waals surface area contributed by atoms with E-state index >= 15 is 0 Å². The normalized spacial score (nSPS) is 17.4. The zero-order valence-electron chi connectivity index (χ0n) is 13.2. The zero-order chi connectivity index (χ0) is 16.2. The fraction of sp³-hybridized carbons (Fsp3) is 0.562. The predicted octanol–water partition coefficient (Wildman–Crippen LogP) is 1.69. The minimum absolute atomic E-state index is 0.169. The van der Waals surface area contributed by atoms with E-state index in [2.05, 4.69) is 17.1 Å². The fourth-order valence-electron chi connectivity index (χ4n) is 2.75. The first-order valence-corrected chi connectivity index (χ1v) is 9.62. The number of nitrogens with one attached hydrogen (secondary N) is 1. The molecule has 1 heterocycles. The summed E-state index contributed by atoms with van der Waals surface area (Å²) in [5, 5.41) is 3.02. The summed E-state index contributed by atoms with van der Waals surface area (Å²) in [5.41, 5.74) is 0.402. The van der Waals surface area contributed by atoms with Crippen LogP contribution in [0.15, 0.2) is 29.2 Å². The van der Waals surface area contributed by atoms with Gasteiger partial charge in [0.25, 0.3) is 5.91 Å². The number of amides is 1. The Bertz CT molecular complexity index is 620. The first-order chi connectivity index (χ1) is 10.4. The molecule has 0 saturated carbocycles. The van der Waals surface area contributed by atoms with Crippen LogP contribution in [0.5, 0.6) is 0 Å². The molecule has 5 nitrogen and oxygen atoms in total. The lowest BCUT2D eigenvalue weighted by Gasteiger charge is -2.32.